The van der Waals surface area contributed by atoms with Gasteiger partial charge in [0.1, 0.15) is 6.54 Å². The summed E-state index contributed by atoms with van der Waals surface area (Å²) in [5, 5.41) is 6.61. The monoisotopic (exact) mass is 473 g/mol. The van der Waals surface area contributed by atoms with Gasteiger partial charge in [-0.05, 0) is 34.0 Å². The zero-order valence-electron chi connectivity index (χ0n) is 16.3. The Labute approximate surface area is 169 Å². The Balaban J connectivity index is 0. The number of carbonyl (C=O) groups excluding carboxylic acids is 1. The Kier molecular flexibility index (Phi) is 16.3. The highest BCUT2D eigenvalue weighted by atomic mass is 127. The van der Waals surface area contributed by atoms with E-state index >= 15 is 0 Å². The third-order valence-corrected chi connectivity index (χ3v) is 4.07. The molecular formula is C16H36IN5OS. The number of amides is 1. The minimum absolute atomic E-state index is 0. The predicted molar refractivity (Wildman–Crippen MR) is 118 cm³/mol. The van der Waals surface area contributed by atoms with Crippen LogP contribution < -0.4 is 10.6 Å². The first-order valence-electron chi connectivity index (χ1n) is 8.26. The Morgan fingerprint density at radius 1 is 1.08 bits per heavy atom. The molecule has 1 amide bonds. The third-order valence-electron chi connectivity index (χ3n) is 3.46. The molecule has 0 aromatic carbocycles. The van der Waals surface area contributed by atoms with Gasteiger partial charge in [-0.25, -0.2) is 4.99 Å². The smallest absolute Gasteiger partial charge is 0.243 e. The predicted octanol–water partition coefficient (Wildman–Crippen LogP) is 1.71. The minimum Gasteiger partial charge on any atom is -0.356 e. The van der Waals surface area contributed by atoms with Crippen molar-refractivity contribution in [1.82, 2.24) is 20.4 Å². The number of carbonyl (C=O) groups is 1. The number of nitrogens with zero attached hydrogens (tertiary/aromatic N) is 3. The molecule has 0 saturated heterocycles. The fraction of sp³-hybridized carbons (Fsp3) is 0.875. The second-order valence-electron chi connectivity index (χ2n) is 6.22. The van der Waals surface area contributed by atoms with Crippen molar-refractivity contribution >= 4 is 47.6 Å². The lowest BCUT2D eigenvalue weighted by molar-refractivity contribution is -0.127. The molecule has 0 rings (SSSR count). The maximum absolute atomic E-state index is 11.7. The number of nitrogens with one attached hydrogen (secondary N) is 2. The quantitative estimate of drug-likeness (QED) is 0.219. The molecule has 0 aliphatic heterocycles. The van der Waals surface area contributed by atoms with Crippen LogP contribution in [0.25, 0.3) is 0 Å². The SMILES string of the molecule is CSCCNC(=NCC(=O)N(C)C)NCCN(C(C)C)C(C)C.I. The van der Waals surface area contributed by atoms with E-state index in [9.17, 15) is 4.79 Å². The van der Waals surface area contributed by atoms with Crippen LogP contribution >= 0.6 is 35.7 Å². The van der Waals surface area contributed by atoms with Crippen molar-refractivity contribution in [2.45, 2.75) is 39.8 Å². The van der Waals surface area contributed by atoms with Gasteiger partial charge in [0.15, 0.2) is 5.96 Å². The Morgan fingerprint density at radius 2 is 1.62 bits per heavy atom. The lowest BCUT2D eigenvalue weighted by atomic mass is 10.2. The van der Waals surface area contributed by atoms with Crippen molar-refractivity contribution in [3.63, 3.8) is 0 Å². The van der Waals surface area contributed by atoms with E-state index in [-0.39, 0.29) is 36.4 Å². The second-order valence-corrected chi connectivity index (χ2v) is 7.21. The molecule has 0 spiro atoms. The summed E-state index contributed by atoms with van der Waals surface area (Å²) >= 11 is 1.78. The van der Waals surface area contributed by atoms with E-state index in [1.54, 1.807) is 30.8 Å². The lowest BCUT2D eigenvalue weighted by Crippen LogP contribution is -2.46. The minimum atomic E-state index is 0. The van der Waals surface area contributed by atoms with E-state index in [0.717, 1.165) is 25.4 Å². The summed E-state index contributed by atoms with van der Waals surface area (Å²) in [6.07, 6.45) is 2.07. The summed E-state index contributed by atoms with van der Waals surface area (Å²) in [6.45, 7) is 11.6. The number of aliphatic imine (C=N–C) groups is 1. The number of thioether (sulfide) groups is 1. The van der Waals surface area contributed by atoms with E-state index in [2.05, 4.69) is 54.5 Å². The van der Waals surface area contributed by atoms with Crippen LogP contribution in [-0.2, 0) is 4.79 Å². The van der Waals surface area contributed by atoms with Crippen LogP contribution in [0.4, 0.5) is 0 Å². The summed E-state index contributed by atoms with van der Waals surface area (Å²) in [4.78, 5) is 20.1. The van der Waals surface area contributed by atoms with Gasteiger partial charge in [0, 0.05) is 51.6 Å². The number of halogens is 1. The lowest BCUT2D eigenvalue weighted by Gasteiger charge is -2.30. The molecule has 0 aromatic rings. The highest BCUT2D eigenvalue weighted by Gasteiger charge is 2.12. The molecule has 0 aliphatic rings. The van der Waals surface area contributed by atoms with Crippen molar-refractivity contribution in [3.05, 3.63) is 0 Å². The average Bonchev–Trinajstić information content (AvgIpc) is 2.47. The van der Waals surface area contributed by atoms with Crippen molar-refractivity contribution in [2.75, 3.05) is 52.3 Å². The van der Waals surface area contributed by atoms with Gasteiger partial charge in [0.25, 0.3) is 0 Å². The van der Waals surface area contributed by atoms with Crippen molar-refractivity contribution in [3.8, 4) is 0 Å². The van der Waals surface area contributed by atoms with Crippen LogP contribution in [0.3, 0.4) is 0 Å². The number of likely N-dealkylation sites (N-methyl/N-ethyl adjacent to an activating group) is 1. The van der Waals surface area contributed by atoms with Gasteiger partial charge in [-0.3, -0.25) is 9.69 Å². The topological polar surface area (TPSA) is 60.0 Å². The highest BCUT2D eigenvalue weighted by Crippen LogP contribution is 2.03. The third kappa shape index (κ3) is 12.2. The van der Waals surface area contributed by atoms with Gasteiger partial charge in [-0.2, -0.15) is 11.8 Å². The van der Waals surface area contributed by atoms with Gasteiger partial charge in [-0.1, -0.05) is 0 Å². The van der Waals surface area contributed by atoms with E-state index < -0.39 is 0 Å². The summed E-state index contributed by atoms with van der Waals surface area (Å²) in [5.74, 6) is 1.72. The van der Waals surface area contributed by atoms with Crippen LogP contribution in [0.5, 0.6) is 0 Å². The van der Waals surface area contributed by atoms with Crippen LogP contribution in [-0.4, -0.2) is 86.0 Å². The molecule has 0 bridgehead atoms. The molecule has 6 nitrogen and oxygen atoms in total. The van der Waals surface area contributed by atoms with Gasteiger partial charge >= 0.3 is 0 Å². The zero-order valence-corrected chi connectivity index (χ0v) is 19.4. The molecule has 0 radical (unpaired) electrons. The molecule has 0 atom stereocenters. The number of hydrogen-bond donors (Lipinski definition) is 2. The van der Waals surface area contributed by atoms with Gasteiger partial charge in [0.2, 0.25) is 5.91 Å². The Morgan fingerprint density at radius 3 is 2.08 bits per heavy atom. The van der Waals surface area contributed by atoms with E-state index in [4.69, 9.17) is 0 Å². The molecule has 0 aromatic heterocycles. The summed E-state index contributed by atoms with van der Waals surface area (Å²) in [7, 11) is 3.49. The summed E-state index contributed by atoms with van der Waals surface area (Å²) < 4.78 is 0. The number of guanidine groups is 1. The van der Waals surface area contributed by atoms with E-state index in [1.807, 2.05) is 0 Å². The average molecular weight is 473 g/mol. The fourth-order valence-corrected chi connectivity index (χ4v) is 2.46. The standard InChI is InChI=1S/C16H35N5OS.HI/c1-13(2)21(14(3)4)10-8-17-16(18-9-11-23-7)19-12-15(22)20(5)6;/h13-14H,8-12H2,1-7H3,(H2,17,18,19);1H. The van der Waals surface area contributed by atoms with Crippen LogP contribution in [0.1, 0.15) is 27.7 Å². The molecule has 0 saturated carbocycles. The van der Waals surface area contributed by atoms with Crippen molar-refractivity contribution in [1.29, 1.82) is 0 Å². The van der Waals surface area contributed by atoms with Crippen LogP contribution in [0.15, 0.2) is 4.99 Å². The normalized spacial score (nSPS) is 11.7. The maximum atomic E-state index is 11.7. The largest absolute Gasteiger partial charge is 0.356 e. The molecule has 2 N–H and O–H groups in total. The second kappa shape index (κ2) is 15.1. The van der Waals surface area contributed by atoms with Gasteiger partial charge in [0.05, 0.1) is 0 Å². The summed E-state index contributed by atoms with van der Waals surface area (Å²) in [5.41, 5.74) is 0. The molecule has 24 heavy (non-hydrogen) atoms. The Hall–Kier alpha value is -0.220. The first kappa shape index (κ1) is 26.0. The fourth-order valence-electron chi connectivity index (χ4n) is 2.15. The highest BCUT2D eigenvalue weighted by molar-refractivity contribution is 14.0. The van der Waals surface area contributed by atoms with Crippen molar-refractivity contribution in [2.24, 2.45) is 4.99 Å². The van der Waals surface area contributed by atoms with Crippen LogP contribution in [0, 0.1) is 0 Å². The molecule has 0 heterocycles. The summed E-state index contributed by atoms with van der Waals surface area (Å²) in [6, 6.07) is 1.02. The number of rotatable bonds is 10. The van der Waals surface area contributed by atoms with Gasteiger partial charge in [-0.15, -0.1) is 24.0 Å². The first-order chi connectivity index (χ1) is 10.8. The van der Waals surface area contributed by atoms with Gasteiger partial charge < -0.3 is 15.5 Å². The molecular weight excluding hydrogens is 437 g/mol. The molecule has 144 valence electrons. The van der Waals surface area contributed by atoms with Crippen LogP contribution in [0.2, 0.25) is 0 Å². The zero-order chi connectivity index (χ0) is 17.8. The Bertz CT molecular complexity index is 356. The van der Waals surface area contributed by atoms with Crippen molar-refractivity contribution < 1.29 is 4.79 Å². The molecule has 0 unspecified atom stereocenters. The molecule has 0 aliphatic carbocycles. The first-order valence-corrected chi connectivity index (χ1v) is 9.66. The molecule has 0 fully saturated rings. The maximum Gasteiger partial charge on any atom is 0.243 e. The number of hydrogen-bond acceptors (Lipinski definition) is 4. The molecule has 8 heteroatoms. The van der Waals surface area contributed by atoms with E-state index in [0.29, 0.717) is 18.0 Å². The van der Waals surface area contributed by atoms with E-state index in [1.165, 1.54) is 0 Å².